The molecule has 0 amide bonds. The molecule has 98 valence electrons. The maximum Gasteiger partial charge on any atom is 0.0493 e. The van der Waals surface area contributed by atoms with E-state index in [-0.39, 0.29) is 0 Å². The van der Waals surface area contributed by atoms with Crippen molar-refractivity contribution in [3.63, 3.8) is 0 Å². The highest BCUT2D eigenvalue weighted by atomic mass is 15.1. The van der Waals surface area contributed by atoms with E-state index in [1.54, 1.807) is 0 Å². The van der Waals surface area contributed by atoms with Gasteiger partial charge in [-0.25, -0.2) is 0 Å². The highest BCUT2D eigenvalue weighted by Crippen LogP contribution is 2.32. The molecule has 0 fully saturated rings. The summed E-state index contributed by atoms with van der Waals surface area (Å²) in [6.45, 7) is 5.03. The van der Waals surface area contributed by atoms with E-state index in [1.807, 2.05) is 12.1 Å². The van der Waals surface area contributed by atoms with Crippen molar-refractivity contribution in [2.45, 2.75) is 0 Å². The van der Waals surface area contributed by atoms with Gasteiger partial charge in [0.25, 0.3) is 0 Å². The lowest BCUT2D eigenvalue weighted by Crippen LogP contribution is -2.17. The van der Waals surface area contributed by atoms with Crippen molar-refractivity contribution in [1.82, 2.24) is 0 Å². The number of benzene rings is 2. The second-order valence-corrected chi connectivity index (χ2v) is 4.78. The van der Waals surface area contributed by atoms with Crippen LogP contribution in [0.4, 0.5) is 11.4 Å². The summed E-state index contributed by atoms with van der Waals surface area (Å²) >= 11 is 0. The summed E-state index contributed by atoms with van der Waals surface area (Å²) < 4.78 is 0. The number of para-hydroxylation sites is 2. The first-order chi connectivity index (χ1) is 9.86. The highest BCUT2D eigenvalue weighted by Gasteiger charge is 2.13. The van der Waals surface area contributed by atoms with Crippen LogP contribution < -0.4 is 4.90 Å². The molecule has 2 aromatic rings. The fourth-order valence-corrected chi connectivity index (χ4v) is 2.44. The summed E-state index contributed by atoms with van der Waals surface area (Å²) in [5.74, 6) is 0. The minimum absolute atomic E-state index is 0.846. The van der Waals surface area contributed by atoms with Crippen LogP contribution in [-0.4, -0.2) is 6.54 Å². The van der Waals surface area contributed by atoms with E-state index >= 15 is 0 Å². The second kappa shape index (κ2) is 5.62. The molecule has 2 aromatic carbocycles. The molecule has 3 rings (SSSR count). The quantitative estimate of drug-likeness (QED) is 0.699. The van der Waals surface area contributed by atoms with Gasteiger partial charge >= 0.3 is 0 Å². The first-order valence-corrected chi connectivity index (χ1v) is 6.80. The monoisotopic (exact) mass is 259 g/mol. The Balaban J connectivity index is 2.15. The molecule has 1 heteroatoms. The van der Waals surface area contributed by atoms with Crippen LogP contribution in [0.15, 0.2) is 85.5 Å². The van der Waals surface area contributed by atoms with Crippen molar-refractivity contribution in [3.8, 4) is 0 Å². The first-order valence-electron chi connectivity index (χ1n) is 6.80. The van der Waals surface area contributed by atoms with E-state index < -0.39 is 0 Å². The molecule has 0 bridgehead atoms. The third kappa shape index (κ3) is 2.43. The molecule has 0 aromatic heterocycles. The van der Waals surface area contributed by atoms with Gasteiger partial charge in [-0.2, -0.15) is 0 Å². The van der Waals surface area contributed by atoms with E-state index in [9.17, 15) is 0 Å². The Morgan fingerprint density at radius 1 is 0.850 bits per heavy atom. The van der Waals surface area contributed by atoms with Crippen LogP contribution in [0.3, 0.4) is 0 Å². The van der Waals surface area contributed by atoms with Gasteiger partial charge in [-0.05, 0) is 23.8 Å². The Morgan fingerprint density at radius 2 is 1.60 bits per heavy atom. The highest BCUT2D eigenvalue weighted by molar-refractivity contribution is 5.84. The fourth-order valence-electron chi connectivity index (χ4n) is 2.44. The molecule has 1 aliphatic rings. The lowest BCUT2D eigenvalue weighted by molar-refractivity contribution is 1.09. The van der Waals surface area contributed by atoms with Gasteiger partial charge < -0.3 is 4.90 Å². The zero-order valence-electron chi connectivity index (χ0n) is 11.4. The van der Waals surface area contributed by atoms with E-state index in [0.717, 1.165) is 12.1 Å². The van der Waals surface area contributed by atoms with Gasteiger partial charge in [-0.15, -0.1) is 0 Å². The molecule has 1 heterocycles. The predicted molar refractivity (Wildman–Crippen MR) is 87.2 cm³/mol. The predicted octanol–water partition coefficient (Wildman–Crippen LogP) is 4.96. The summed E-state index contributed by atoms with van der Waals surface area (Å²) in [6.07, 6.45) is 8.35. The van der Waals surface area contributed by atoms with Crippen LogP contribution in [0, 0.1) is 0 Å². The standard InChI is InChI=1S/C19H17N/c1-16-10-4-3-9-15-20(17-11-5-2-6-12-17)19-14-8-7-13-18(16)19/h2-14H,1,15H2/b9-3-,10-4-. The average Bonchev–Trinajstić information content (AvgIpc) is 2.58. The van der Waals surface area contributed by atoms with Gasteiger partial charge in [-0.1, -0.05) is 67.3 Å². The van der Waals surface area contributed by atoms with E-state index in [1.165, 1.54) is 16.9 Å². The maximum absolute atomic E-state index is 4.18. The molecule has 1 aliphatic heterocycles. The minimum Gasteiger partial charge on any atom is -0.337 e. The normalized spacial score (nSPS) is 17.6. The van der Waals surface area contributed by atoms with E-state index in [4.69, 9.17) is 0 Å². The Morgan fingerprint density at radius 3 is 2.45 bits per heavy atom. The van der Waals surface area contributed by atoms with Gasteiger partial charge in [0.05, 0.1) is 0 Å². The Hall–Kier alpha value is -2.54. The molecule has 0 aliphatic carbocycles. The number of anilines is 2. The van der Waals surface area contributed by atoms with Crippen molar-refractivity contribution in [2.24, 2.45) is 0 Å². The number of fused-ring (bicyclic) bond motifs is 1. The van der Waals surface area contributed by atoms with Crippen LogP contribution in [-0.2, 0) is 0 Å². The third-order valence-electron chi connectivity index (χ3n) is 3.44. The molecule has 20 heavy (non-hydrogen) atoms. The molecule has 0 spiro atoms. The van der Waals surface area contributed by atoms with Crippen LogP contribution in [0.5, 0.6) is 0 Å². The van der Waals surface area contributed by atoms with E-state index in [0.29, 0.717) is 0 Å². The minimum atomic E-state index is 0.846. The van der Waals surface area contributed by atoms with Crippen LogP contribution in [0.1, 0.15) is 5.56 Å². The smallest absolute Gasteiger partial charge is 0.0493 e. The molecule has 0 N–H and O–H groups in total. The Bertz CT molecular complexity index is 665. The first kappa shape index (κ1) is 12.5. The molecule has 1 nitrogen and oxygen atoms in total. The van der Waals surface area contributed by atoms with E-state index in [2.05, 4.69) is 78.2 Å². The number of hydrogen-bond donors (Lipinski definition) is 0. The summed E-state index contributed by atoms with van der Waals surface area (Å²) in [5, 5.41) is 0. The molecule has 0 saturated carbocycles. The van der Waals surface area contributed by atoms with Crippen molar-refractivity contribution in [1.29, 1.82) is 0 Å². The van der Waals surface area contributed by atoms with Crippen LogP contribution in [0.25, 0.3) is 5.57 Å². The summed E-state index contributed by atoms with van der Waals surface area (Å²) in [6, 6.07) is 18.9. The molecular weight excluding hydrogens is 242 g/mol. The molecule has 0 atom stereocenters. The summed E-state index contributed by atoms with van der Waals surface area (Å²) in [5.41, 5.74) is 4.60. The van der Waals surface area contributed by atoms with Crippen LogP contribution in [0.2, 0.25) is 0 Å². The number of rotatable bonds is 1. The molecule has 0 unspecified atom stereocenters. The summed E-state index contributed by atoms with van der Waals surface area (Å²) in [7, 11) is 0. The van der Waals surface area contributed by atoms with Crippen molar-refractivity contribution in [2.75, 3.05) is 11.4 Å². The van der Waals surface area contributed by atoms with Gasteiger partial charge in [-0.3, -0.25) is 0 Å². The van der Waals surface area contributed by atoms with Gasteiger partial charge in [0.1, 0.15) is 0 Å². The fraction of sp³-hybridized carbons (Fsp3) is 0.0526. The summed E-state index contributed by atoms with van der Waals surface area (Å²) in [4.78, 5) is 2.31. The second-order valence-electron chi connectivity index (χ2n) is 4.78. The topological polar surface area (TPSA) is 3.24 Å². The van der Waals surface area contributed by atoms with Gasteiger partial charge in [0, 0.05) is 23.5 Å². The number of allylic oxidation sites excluding steroid dienone is 4. The van der Waals surface area contributed by atoms with Crippen molar-refractivity contribution >= 4 is 16.9 Å². The lowest BCUT2D eigenvalue weighted by atomic mass is 10.0. The van der Waals surface area contributed by atoms with Gasteiger partial charge in [0.15, 0.2) is 0 Å². The van der Waals surface area contributed by atoms with Crippen LogP contribution >= 0.6 is 0 Å². The third-order valence-corrected chi connectivity index (χ3v) is 3.44. The molecule has 0 saturated heterocycles. The zero-order chi connectivity index (χ0) is 13.8. The number of hydrogen-bond acceptors (Lipinski definition) is 1. The number of nitrogens with zero attached hydrogens (tertiary/aromatic N) is 1. The lowest BCUT2D eigenvalue weighted by Gasteiger charge is -2.26. The van der Waals surface area contributed by atoms with Gasteiger partial charge in [0.2, 0.25) is 0 Å². The Labute approximate surface area is 120 Å². The maximum atomic E-state index is 4.18. The largest absolute Gasteiger partial charge is 0.337 e. The molecular formula is C19H17N. The Kier molecular flexibility index (Phi) is 3.51. The zero-order valence-corrected chi connectivity index (χ0v) is 11.4. The van der Waals surface area contributed by atoms with Crippen molar-refractivity contribution in [3.05, 3.63) is 91.0 Å². The molecule has 0 radical (unpaired) electrons. The average molecular weight is 259 g/mol. The van der Waals surface area contributed by atoms with Crippen molar-refractivity contribution < 1.29 is 0 Å². The SMILES string of the molecule is C=C1/C=C\C=C/CN(c2ccccc2)c2ccccc21.